The van der Waals surface area contributed by atoms with Gasteiger partial charge in [-0.2, -0.15) is 0 Å². The predicted molar refractivity (Wildman–Crippen MR) is 123 cm³/mol. The van der Waals surface area contributed by atoms with Crippen molar-refractivity contribution in [2.24, 2.45) is 0 Å². The Hall–Kier alpha value is -3.86. The monoisotopic (exact) mass is 412 g/mol. The van der Waals surface area contributed by atoms with Crippen molar-refractivity contribution in [3.63, 3.8) is 0 Å². The lowest BCUT2D eigenvalue weighted by molar-refractivity contribution is 0.102. The maximum Gasteiger partial charge on any atom is 0.257 e. The number of rotatable bonds is 6. The van der Waals surface area contributed by atoms with Crippen LogP contribution in [0.3, 0.4) is 0 Å². The molecule has 0 fully saturated rings. The second-order valence-corrected chi connectivity index (χ2v) is 7.41. The number of ether oxygens (including phenoxy) is 2. The third-order valence-electron chi connectivity index (χ3n) is 5.08. The predicted octanol–water partition coefficient (Wildman–Crippen LogP) is 5.69. The van der Waals surface area contributed by atoms with Crippen LogP contribution in [-0.2, 0) is 6.61 Å². The fourth-order valence-corrected chi connectivity index (χ4v) is 3.35. The minimum atomic E-state index is -0.196. The number of methoxy groups -OCH3 is 1. The first kappa shape index (κ1) is 20.4. The van der Waals surface area contributed by atoms with Gasteiger partial charge < -0.3 is 14.8 Å². The Labute approximate surface area is 181 Å². The van der Waals surface area contributed by atoms with Gasteiger partial charge in [-0.1, -0.05) is 48.0 Å². The largest absolute Gasteiger partial charge is 0.493 e. The number of aryl methyl sites for hydroxylation is 2. The summed E-state index contributed by atoms with van der Waals surface area (Å²) in [6, 6.07) is 23.2. The Bertz CT molecular complexity index is 1220. The Kier molecular flexibility index (Phi) is 5.85. The molecule has 0 aliphatic carbocycles. The van der Waals surface area contributed by atoms with Crippen molar-refractivity contribution in [2.45, 2.75) is 20.5 Å². The second kappa shape index (κ2) is 8.88. The molecule has 0 radical (unpaired) electrons. The lowest BCUT2D eigenvalue weighted by atomic mass is 10.1. The number of fused-ring (bicyclic) bond motifs is 1. The van der Waals surface area contributed by atoms with Gasteiger partial charge in [0.1, 0.15) is 6.61 Å². The number of benzene rings is 3. The molecule has 0 bridgehead atoms. The number of carbonyl (C=O) groups is 1. The van der Waals surface area contributed by atoms with Gasteiger partial charge in [0.05, 0.1) is 23.9 Å². The van der Waals surface area contributed by atoms with E-state index in [0.29, 0.717) is 29.4 Å². The van der Waals surface area contributed by atoms with E-state index in [4.69, 9.17) is 9.47 Å². The zero-order valence-corrected chi connectivity index (χ0v) is 17.8. The first-order valence-electron chi connectivity index (χ1n) is 10.1. The molecule has 0 atom stereocenters. The highest BCUT2D eigenvalue weighted by atomic mass is 16.5. The minimum Gasteiger partial charge on any atom is -0.493 e. The van der Waals surface area contributed by atoms with Crippen LogP contribution < -0.4 is 14.8 Å². The summed E-state index contributed by atoms with van der Waals surface area (Å²) in [6.45, 7) is 4.26. The summed E-state index contributed by atoms with van der Waals surface area (Å²) in [5.41, 5.74) is 4.86. The Morgan fingerprint density at radius 3 is 2.39 bits per heavy atom. The average molecular weight is 412 g/mol. The summed E-state index contributed by atoms with van der Waals surface area (Å²) in [4.78, 5) is 17.5. The summed E-state index contributed by atoms with van der Waals surface area (Å²) in [6.07, 6.45) is 0. The number of nitrogens with zero attached hydrogens (tertiary/aromatic N) is 1. The molecule has 0 spiro atoms. The fourth-order valence-electron chi connectivity index (χ4n) is 3.35. The molecule has 1 heterocycles. The smallest absolute Gasteiger partial charge is 0.257 e. The van der Waals surface area contributed by atoms with Gasteiger partial charge >= 0.3 is 0 Å². The summed E-state index contributed by atoms with van der Waals surface area (Å²) < 4.78 is 11.5. The van der Waals surface area contributed by atoms with E-state index in [1.165, 1.54) is 0 Å². The molecule has 5 heteroatoms. The molecular formula is C26H24N2O3. The quantitative estimate of drug-likeness (QED) is 0.442. The number of hydrogen-bond acceptors (Lipinski definition) is 4. The number of nitrogens with one attached hydrogen (secondary N) is 1. The number of anilines is 1. The van der Waals surface area contributed by atoms with Crippen LogP contribution in [0.5, 0.6) is 11.5 Å². The first-order valence-corrected chi connectivity index (χ1v) is 10.1. The van der Waals surface area contributed by atoms with Crippen molar-refractivity contribution in [3.05, 3.63) is 95.2 Å². The maximum atomic E-state index is 12.9. The third-order valence-corrected chi connectivity index (χ3v) is 5.08. The molecule has 0 saturated carbocycles. The van der Waals surface area contributed by atoms with Crippen LogP contribution in [0.15, 0.2) is 72.8 Å². The number of pyridine rings is 1. The van der Waals surface area contributed by atoms with E-state index >= 15 is 0 Å². The zero-order valence-electron chi connectivity index (χ0n) is 17.8. The maximum absolute atomic E-state index is 12.9. The molecule has 4 rings (SSSR count). The number of amides is 1. The molecule has 0 aliphatic rings. The van der Waals surface area contributed by atoms with Gasteiger partial charge in [0.25, 0.3) is 5.91 Å². The molecule has 3 aromatic carbocycles. The standard InChI is InChI=1S/C26H24N2O3/c1-17-9-11-21(12-10-17)28-26(29)22-13-20-14-25(31-16-19-7-5-4-6-8-19)24(30-3)15-23(20)27-18(22)2/h4-15H,16H2,1-3H3,(H,28,29). The van der Waals surface area contributed by atoms with Gasteiger partial charge in [-0.25, -0.2) is 0 Å². The normalized spacial score (nSPS) is 10.7. The van der Waals surface area contributed by atoms with E-state index in [1.807, 2.05) is 86.6 Å². The molecule has 0 saturated heterocycles. The molecule has 5 nitrogen and oxygen atoms in total. The van der Waals surface area contributed by atoms with Crippen molar-refractivity contribution < 1.29 is 14.3 Å². The Balaban J connectivity index is 1.64. The minimum absolute atomic E-state index is 0.196. The van der Waals surface area contributed by atoms with Crippen LogP contribution in [0, 0.1) is 13.8 Å². The van der Waals surface area contributed by atoms with Gasteiger partial charge in [-0.05, 0) is 43.7 Å². The summed E-state index contributed by atoms with van der Waals surface area (Å²) in [7, 11) is 1.60. The van der Waals surface area contributed by atoms with Crippen molar-refractivity contribution in [1.82, 2.24) is 4.98 Å². The molecule has 1 aromatic heterocycles. The molecule has 31 heavy (non-hydrogen) atoms. The van der Waals surface area contributed by atoms with Crippen LogP contribution in [-0.4, -0.2) is 18.0 Å². The van der Waals surface area contributed by atoms with Crippen molar-refractivity contribution >= 4 is 22.5 Å². The molecule has 1 amide bonds. The molecule has 1 N–H and O–H groups in total. The molecule has 156 valence electrons. The molecule has 4 aromatic rings. The van der Waals surface area contributed by atoms with E-state index in [0.717, 1.165) is 27.7 Å². The Morgan fingerprint density at radius 1 is 0.935 bits per heavy atom. The van der Waals surface area contributed by atoms with E-state index in [1.54, 1.807) is 7.11 Å². The average Bonchev–Trinajstić information content (AvgIpc) is 2.79. The van der Waals surface area contributed by atoms with Crippen LogP contribution in [0.4, 0.5) is 5.69 Å². The summed E-state index contributed by atoms with van der Waals surface area (Å²) >= 11 is 0. The zero-order chi connectivity index (χ0) is 21.8. The van der Waals surface area contributed by atoms with Gasteiger partial charge in [0.2, 0.25) is 0 Å². The van der Waals surface area contributed by atoms with Crippen molar-refractivity contribution in [1.29, 1.82) is 0 Å². The van der Waals surface area contributed by atoms with Gasteiger partial charge in [-0.3, -0.25) is 9.78 Å². The number of carbonyl (C=O) groups excluding carboxylic acids is 1. The van der Waals surface area contributed by atoms with Crippen LogP contribution >= 0.6 is 0 Å². The van der Waals surface area contributed by atoms with Crippen LogP contribution in [0.1, 0.15) is 27.2 Å². The summed E-state index contributed by atoms with van der Waals surface area (Å²) in [5.74, 6) is 1.01. The van der Waals surface area contributed by atoms with E-state index in [-0.39, 0.29) is 5.91 Å². The molecule has 0 aliphatic heterocycles. The van der Waals surface area contributed by atoms with E-state index in [2.05, 4.69) is 10.3 Å². The van der Waals surface area contributed by atoms with Gasteiger partial charge in [0, 0.05) is 17.1 Å². The van der Waals surface area contributed by atoms with Crippen molar-refractivity contribution in [2.75, 3.05) is 12.4 Å². The van der Waals surface area contributed by atoms with Crippen LogP contribution in [0.25, 0.3) is 10.9 Å². The fraction of sp³-hybridized carbons (Fsp3) is 0.154. The van der Waals surface area contributed by atoms with E-state index in [9.17, 15) is 4.79 Å². The molecule has 0 unspecified atom stereocenters. The van der Waals surface area contributed by atoms with Gasteiger partial charge in [-0.15, -0.1) is 0 Å². The SMILES string of the molecule is COc1cc2nc(C)c(C(=O)Nc3ccc(C)cc3)cc2cc1OCc1ccccc1. The molecular weight excluding hydrogens is 388 g/mol. The first-order chi connectivity index (χ1) is 15.0. The Morgan fingerprint density at radius 2 is 1.68 bits per heavy atom. The summed E-state index contributed by atoms with van der Waals surface area (Å²) in [5, 5.41) is 3.75. The third kappa shape index (κ3) is 4.67. The number of aromatic nitrogens is 1. The highest BCUT2D eigenvalue weighted by molar-refractivity contribution is 6.07. The second-order valence-electron chi connectivity index (χ2n) is 7.41. The highest BCUT2D eigenvalue weighted by Gasteiger charge is 2.15. The lowest BCUT2D eigenvalue weighted by Gasteiger charge is -2.14. The van der Waals surface area contributed by atoms with Crippen LogP contribution in [0.2, 0.25) is 0 Å². The van der Waals surface area contributed by atoms with E-state index < -0.39 is 0 Å². The van der Waals surface area contributed by atoms with Crippen molar-refractivity contribution in [3.8, 4) is 11.5 Å². The number of hydrogen-bond donors (Lipinski definition) is 1. The van der Waals surface area contributed by atoms with Gasteiger partial charge in [0.15, 0.2) is 11.5 Å². The highest BCUT2D eigenvalue weighted by Crippen LogP contribution is 2.33. The topological polar surface area (TPSA) is 60.5 Å². The lowest BCUT2D eigenvalue weighted by Crippen LogP contribution is -2.14.